The Morgan fingerprint density at radius 1 is 0.543 bits per heavy atom. The van der Waals surface area contributed by atoms with E-state index in [1.165, 1.54) is 27.1 Å². The van der Waals surface area contributed by atoms with E-state index in [4.69, 9.17) is 9.73 Å². The lowest BCUT2D eigenvalue weighted by Gasteiger charge is -2.12. The van der Waals surface area contributed by atoms with Crippen LogP contribution in [0, 0.1) is 0 Å². The number of aliphatic imine (C=N–C) groups is 1. The zero-order chi connectivity index (χ0) is 31.3. The highest BCUT2D eigenvalue weighted by atomic mass is 16.5. The van der Waals surface area contributed by atoms with Gasteiger partial charge in [-0.3, -0.25) is 0 Å². The van der Waals surface area contributed by atoms with Crippen molar-refractivity contribution in [3.05, 3.63) is 193 Å². The third-order valence-electron chi connectivity index (χ3n) is 8.26. The first-order valence-corrected chi connectivity index (χ1v) is 15.5. The summed E-state index contributed by atoms with van der Waals surface area (Å²) in [5, 5.41) is 5.02. The molecule has 0 aromatic heterocycles. The number of ether oxygens (including phenoxy) is 1. The van der Waals surface area contributed by atoms with Gasteiger partial charge in [-0.05, 0) is 105 Å². The van der Waals surface area contributed by atoms with Gasteiger partial charge in [-0.2, -0.15) is 0 Å². The molecule has 0 N–H and O–H groups in total. The minimum absolute atomic E-state index is 0.715. The molecule has 7 aromatic carbocycles. The van der Waals surface area contributed by atoms with E-state index in [0.717, 1.165) is 45.0 Å². The first-order valence-electron chi connectivity index (χ1n) is 15.5. The van der Waals surface area contributed by atoms with Crippen molar-refractivity contribution in [3.8, 4) is 22.6 Å². The first kappa shape index (κ1) is 28.8. The topological polar surface area (TPSA) is 21.6 Å². The van der Waals surface area contributed by atoms with Crippen molar-refractivity contribution in [3.63, 3.8) is 0 Å². The fraction of sp³-hybridized carbons (Fsp3) is 0.0227. The lowest BCUT2D eigenvalue weighted by molar-refractivity contribution is 0.483. The molecule has 0 aliphatic rings. The van der Waals surface area contributed by atoms with Gasteiger partial charge in [0.05, 0.1) is 11.4 Å². The second-order valence-electron chi connectivity index (χ2n) is 11.3. The van der Waals surface area contributed by atoms with Crippen molar-refractivity contribution in [1.82, 2.24) is 0 Å². The third-order valence-corrected chi connectivity index (χ3v) is 8.26. The molecule has 7 aromatic rings. The van der Waals surface area contributed by atoms with Gasteiger partial charge in [0.25, 0.3) is 0 Å². The summed E-state index contributed by atoms with van der Waals surface area (Å²) in [5.74, 6) is 1.55. The maximum absolute atomic E-state index is 6.29. The molecular formula is C44H33NO. The van der Waals surface area contributed by atoms with E-state index in [9.17, 15) is 0 Å². The van der Waals surface area contributed by atoms with Crippen molar-refractivity contribution in [2.24, 2.45) is 4.99 Å². The normalized spacial score (nSPS) is 11.9. The van der Waals surface area contributed by atoms with Crippen LogP contribution in [-0.2, 0) is 0 Å². The van der Waals surface area contributed by atoms with E-state index in [-0.39, 0.29) is 0 Å². The second-order valence-corrected chi connectivity index (χ2v) is 11.3. The number of benzene rings is 7. The molecule has 7 rings (SSSR count). The molecular weight excluding hydrogens is 558 g/mol. The Morgan fingerprint density at radius 2 is 1.09 bits per heavy atom. The van der Waals surface area contributed by atoms with Crippen LogP contribution >= 0.6 is 0 Å². The Kier molecular flexibility index (Phi) is 8.09. The third kappa shape index (κ3) is 6.15. The van der Waals surface area contributed by atoms with Gasteiger partial charge >= 0.3 is 0 Å². The molecule has 0 unspecified atom stereocenters. The van der Waals surface area contributed by atoms with Crippen LogP contribution in [0.4, 0.5) is 0 Å². The zero-order valence-corrected chi connectivity index (χ0v) is 25.7. The predicted octanol–water partition coefficient (Wildman–Crippen LogP) is 12.0. The van der Waals surface area contributed by atoms with Crippen LogP contribution in [0.2, 0.25) is 0 Å². The summed E-state index contributed by atoms with van der Waals surface area (Å²) in [6.07, 6.45) is 2.12. The molecule has 0 aliphatic heterocycles. The lowest BCUT2D eigenvalue weighted by atomic mass is 9.93. The number of nitrogens with zero attached hydrogens (tertiary/aromatic N) is 1. The Labute approximate surface area is 270 Å². The molecule has 2 heteroatoms. The highest BCUT2D eigenvalue weighted by molar-refractivity contribution is 6.14. The summed E-state index contributed by atoms with van der Waals surface area (Å²) in [4.78, 5) is 4.98. The average Bonchev–Trinajstić information content (AvgIpc) is 3.12. The molecule has 0 radical (unpaired) electrons. The highest BCUT2D eigenvalue weighted by Gasteiger charge is 2.10. The first-order chi connectivity index (χ1) is 22.6. The molecule has 0 saturated heterocycles. The van der Waals surface area contributed by atoms with Crippen LogP contribution in [0.1, 0.15) is 23.6 Å². The molecule has 220 valence electrons. The van der Waals surface area contributed by atoms with Crippen LogP contribution in [0.5, 0.6) is 11.5 Å². The summed E-state index contributed by atoms with van der Waals surface area (Å²) in [7, 11) is 0. The summed E-state index contributed by atoms with van der Waals surface area (Å²) >= 11 is 0. The summed E-state index contributed by atoms with van der Waals surface area (Å²) in [6, 6.07) is 56.3. The van der Waals surface area contributed by atoms with Gasteiger partial charge in [-0.15, -0.1) is 0 Å². The van der Waals surface area contributed by atoms with Crippen molar-refractivity contribution >= 4 is 38.5 Å². The van der Waals surface area contributed by atoms with Gasteiger partial charge in [0.2, 0.25) is 0 Å². The Morgan fingerprint density at radius 3 is 1.76 bits per heavy atom. The van der Waals surface area contributed by atoms with Crippen molar-refractivity contribution < 1.29 is 4.74 Å². The lowest BCUT2D eigenvalue weighted by Crippen LogP contribution is -1.99. The van der Waals surface area contributed by atoms with Crippen LogP contribution in [0.3, 0.4) is 0 Å². The van der Waals surface area contributed by atoms with Gasteiger partial charge in [-0.25, -0.2) is 4.99 Å². The van der Waals surface area contributed by atoms with Gasteiger partial charge < -0.3 is 4.74 Å². The second kappa shape index (κ2) is 12.9. The van der Waals surface area contributed by atoms with E-state index in [1.807, 2.05) is 60.7 Å². The quantitative estimate of drug-likeness (QED) is 0.127. The molecule has 0 amide bonds. The molecule has 46 heavy (non-hydrogen) atoms. The number of fused-ring (bicyclic) bond motifs is 3. The SMILES string of the molecule is C=C(/N=C(\C=C(/C)c1ccccc1)c1ccc(Oc2ccc(-c3cc4ccccc4c4ccccc34)cc2)cc1)c1ccccc1. The predicted molar refractivity (Wildman–Crippen MR) is 196 cm³/mol. The van der Waals surface area contributed by atoms with E-state index in [0.29, 0.717) is 5.70 Å². The summed E-state index contributed by atoms with van der Waals surface area (Å²) < 4.78 is 6.29. The summed E-state index contributed by atoms with van der Waals surface area (Å²) in [5.41, 5.74) is 8.18. The zero-order valence-electron chi connectivity index (χ0n) is 25.7. The minimum Gasteiger partial charge on any atom is -0.457 e. The van der Waals surface area contributed by atoms with Crippen LogP contribution in [0.15, 0.2) is 181 Å². The molecule has 0 saturated carbocycles. The van der Waals surface area contributed by atoms with Crippen molar-refractivity contribution in [2.45, 2.75) is 6.92 Å². The van der Waals surface area contributed by atoms with Crippen molar-refractivity contribution in [1.29, 1.82) is 0 Å². The standard InChI is InChI=1S/C44H33NO/c1-31(33-13-5-3-6-14-33)29-44(45-32(2)34-15-7-4-8-16-34)36-23-27-39(28-24-36)46-38-25-21-35(22-26-38)43-30-37-17-9-10-18-40(37)41-19-11-12-20-42(41)43/h3-30H,2H2,1H3/b31-29+,45-44+. The van der Waals surface area contributed by atoms with Crippen LogP contribution < -0.4 is 4.74 Å². The molecule has 0 spiro atoms. The maximum Gasteiger partial charge on any atom is 0.127 e. The van der Waals surface area contributed by atoms with Gasteiger partial charge in [0.15, 0.2) is 0 Å². The number of hydrogen-bond donors (Lipinski definition) is 0. The number of allylic oxidation sites excluding steroid dienone is 2. The Balaban J connectivity index is 1.15. The Bertz CT molecular complexity index is 2210. The van der Waals surface area contributed by atoms with Crippen LogP contribution in [0.25, 0.3) is 43.9 Å². The minimum atomic E-state index is 0.715. The van der Waals surface area contributed by atoms with Gasteiger partial charge in [0.1, 0.15) is 11.5 Å². The van der Waals surface area contributed by atoms with Gasteiger partial charge in [0, 0.05) is 5.56 Å². The van der Waals surface area contributed by atoms with E-state index >= 15 is 0 Å². The average molecular weight is 592 g/mol. The fourth-order valence-corrected chi connectivity index (χ4v) is 5.84. The molecule has 0 atom stereocenters. The van der Waals surface area contributed by atoms with E-state index in [1.54, 1.807) is 0 Å². The number of rotatable bonds is 8. The van der Waals surface area contributed by atoms with E-state index in [2.05, 4.69) is 123 Å². The molecule has 0 fully saturated rings. The fourth-order valence-electron chi connectivity index (χ4n) is 5.84. The molecule has 2 nitrogen and oxygen atoms in total. The monoisotopic (exact) mass is 591 g/mol. The Hall–Kier alpha value is -5.99. The van der Waals surface area contributed by atoms with Crippen LogP contribution in [-0.4, -0.2) is 5.71 Å². The maximum atomic E-state index is 6.29. The van der Waals surface area contributed by atoms with E-state index < -0.39 is 0 Å². The highest BCUT2D eigenvalue weighted by Crippen LogP contribution is 2.36. The largest absolute Gasteiger partial charge is 0.457 e. The molecule has 0 heterocycles. The van der Waals surface area contributed by atoms with Crippen molar-refractivity contribution in [2.75, 3.05) is 0 Å². The number of hydrogen-bond acceptors (Lipinski definition) is 2. The van der Waals surface area contributed by atoms with Gasteiger partial charge in [-0.1, -0.05) is 128 Å². The summed E-state index contributed by atoms with van der Waals surface area (Å²) in [6.45, 7) is 6.37. The smallest absolute Gasteiger partial charge is 0.127 e. The molecule has 0 bridgehead atoms. The molecule has 0 aliphatic carbocycles.